The van der Waals surface area contributed by atoms with Crippen LogP contribution in [0.15, 0.2) is 64.4 Å². The number of rotatable bonds is 4. The van der Waals surface area contributed by atoms with Crippen LogP contribution in [0.1, 0.15) is 0 Å². The van der Waals surface area contributed by atoms with E-state index < -0.39 is 20.0 Å². The Morgan fingerprint density at radius 3 is 2.09 bits per heavy atom. The Balaban J connectivity index is 2.22. The third kappa shape index (κ3) is 4.48. The number of hydrogen-bond acceptors (Lipinski definition) is 5. The summed E-state index contributed by atoms with van der Waals surface area (Å²) in [6.07, 6.45) is 0. The van der Waals surface area contributed by atoms with Crippen molar-refractivity contribution < 1.29 is 16.8 Å². The zero-order chi connectivity index (χ0) is 17.1. The highest BCUT2D eigenvalue weighted by Crippen LogP contribution is 2.19. The van der Waals surface area contributed by atoms with Crippen LogP contribution in [0.2, 0.25) is 0 Å². The molecule has 0 spiro atoms. The van der Waals surface area contributed by atoms with E-state index >= 15 is 0 Å². The Kier molecular flexibility index (Phi) is 5.00. The highest BCUT2D eigenvalue weighted by molar-refractivity contribution is 7.92. The Morgan fingerprint density at radius 2 is 1.48 bits per heavy atom. The van der Waals surface area contributed by atoms with Gasteiger partial charge in [0.1, 0.15) is 4.90 Å². The second-order valence-corrected chi connectivity index (χ2v) is 8.03. The third-order valence-corrected chi connectivity index (χ3v) is 5.39. The van der Waals surface area contributed by atoms with Crippen molar-refractivity contribution in [3.63, 3.8) is 0 Å². The first-order valence-corrected chi connectivity index (χ1v) is 9.64. The molecule has 2 aromatic carbocycles. The fraction of sp³-hybridized carbons (Fsp3) is 0. The number of primary sulfonamides is 1. The van der Waals surface area contributed by atoms with E-state index in [0.29, 0.717) is 0 Å². The van der Waals surface area contributed by atoms with E-state index in [2.05, 4.69) is 10.0 Å². The van der Waals surface area contributed by atoms with Gasteiger partial charge in [0.25, 0.3) is 10.0 Å². The molecule has 0 heterocycles. The van der Waals surface area contributed by atoms with Gasteiger partial charge in [-0.15, -0.1) is 0 Å². The van der Waals surface area contributed by atoms with E-state index in [4.69, 9.17) is 17.4 Å². The SMILES string of the molecule is NS(=O)(=O)c1ccccc1NC(=S)NS(=O)(=O)c1ccccc1. The summed E-state index contributed by atoms with van der Waals surface area (Å²) in [5.41, 5.74) is 0.0794. The van der Waals surface area contributed by atoms with Gasteiger partial charge in [0.05, 0.1) is 10.6 Å². The Bertz CT molecular complexity index is 926. The van der Waals surface area contributed by atoms with Gasteiger partial charge in [0.15, 0.2) is 5.11 Å². The van der Waals surface area contributed by atoms with Crippen LogP contribution in [0.3, 0.4) is 0 Å². The zero-order valence-electron chi connectivity index (χ0n) is 11.6. The molecule has 4 N–H and O–H groups in total. The number of sulfonamides is 2. The molecule has 0 saturated heterocycles. The second kappa shape index (κ2) is 6.62. The first-order chi connectivity index (χ1) is 10.7. The largest absolute Gasteiger partial charge is 0.331 e. The minimum absolute atomic E-state index is 0.0314. The van der Waals surface area contributed by atoms with Crippen molar-refractivity contribution in [3.8, 4) is 0 Å². The molecule has 0 unspecified atom stereocenters. The van der Waals surface area contributed by atoms with Crippen LogP contribution in [0.4, 0.5) is 5.69 Å². The molecule has 0 radical (unpaired) electrons. The quantitative estimate of drug-likeness (QED) is 0.690. The molecule has 0 aliphatic rings. The van der Waals surface area contributed by atoms with E-state index in [1.54, 1.807) is 24.3 Å². The van der Waals surface area contributed by atoms with Gasteiger partial charge in [-0.3, -0.25) is 4.72 Å². The minimum atomic E-state index is -3.97. The smallest absolute Gasteiger partial charge is 0.263 e. The number of thiocarbonyl (C=S) groups is 1. The first kappa shape index (κ1) is 17.3. The summed E-state index contributed by atoms with van der Waals surface area (Å²) in [7, 11) is -7.84. The number of para-hydroxylation sites is 1. The lowest BCUT2D eigenvalue weighted by Gasteiger charge is -2.13. The average Bonchev–Trinajstić information content (AvgIpc) is 2.47. The topological polar surface area (TPSA) is 118 Å². The van der Waals surface area contributed by atoms with Crippen molar-refractivity contribution in [2.45, 2.75) is 9.79 Å². The Hall–Kier alpha value is -2.01. The Morgan fingerprint density at radius 1 is 0.913 bits per heavy atom. The molecule has 10 heteroatoms. The molecule has 0 aromatic heterocycles. The van der Waals surface area contributed by atoms with Crippen LogP contribution in [-0.2, 0) is 20.0 Å². The predicted molar refractivity (Wildman–Crippen MR) is 90.8 cm³/mol. The van der Waals surface area contributed by atoms with Crippen LogP contribution in [0.5, 0.6) is 0 Å². The van der Waals surface area contributed by atoms with Crippen LogP contribution < -0.4 is 15.2 Å². The van der Waals surface area contributed by atoms with E-state index in [9.17, 15) is 16.8 Å². The number of nitrogens with one attached hydrogen (secondary N) is 2. The summed E-state index contributed by atoms with van der Waals surface area (Å²) >= 11 is 4.93. The summed E-state index contributed by atoms with van der Waals surface area (Å²) in [5, 5.41) is 7.35. The monoisotopic (exact) mass is 371 g/mol. The standard InChI is InChI=1S/C13H13N3O4S3/c14-22(17,18)12-9-5-4-8-11(12)15-13(21)16-23(19,20)10-6-2-1-3-7-10/h1-9H,(H2,14,17,18)(H2,15,16,21). The number of anilines is 1. The molecule has 0 saturated carbocycles. The summed E-state index contributed by atoms with van der Waals surface area (Å²) in [6.45, 7) is 0. The molecule has 122 valence electrons. The van der Waals surface area contributed by atoms with Crippen molar-refractivity contribution in [1.82, 2.24) is 4.72 Å². The highest BCUT2D eigenvalue weighted by Gasteiger charge is 2.18. The number of benzene rings is 2. The van der Waals surface area contributed by atoms with Crippen molar-refractivity contribution in [1.29, 1.82) is 0 Å². The molecule has 2 rings (SSSR count). The van der Waals surface area contributed by atoms with Gasteiger partial charge < -0.3 is 5.32 Å². The maximum atomic E-state index is 12.1. The van der Waals surface area contributed by atoms with Crippen LogP contribution in [0.25, 0.3) is 0 Å². The van der Waals surface area contributed by atoms with Gasteiger partial charge in [-0.25, -0.2) is 22.0 Å². The van der Waals surface area contributed by atoms with Crippen molar-refractivity contribution in [2.24, 2.45) is 5.14 Å². The van der Waals surface area contributed by atoms with Gasteiger partial charge in [-0.05, 0) is 36.5 Å². The molecule has 0 bridgehead atoms. The van der Waals surface area contributed by atoms with Crippen LogP contribution in [-0.4, -0.2) is 21.9 Å². The molecular formula is C13H13N3O4S3. The molecule has 0 aliphatic heterocycles. The second-order valence-electron chi connectivity index (χ2n) is 4.41. The normalized spacial score (nSPS) is 11.7. The molecule has 0 amide bonds. The molecule has 23 heavy (non-hydrogen) atoms. The van der Waals surface area contributed by atoms with Gasteiger partial charge >= 0.3 is 0 Å². The van der Waals surface area contributed by atoms with Crippen molar-refractivity contribution in [2.75, 3.05) is 5.32 Å². The predicted octanol–water partition coefficient (Wildman–Crippen LogP) is 1.01. The maximum Gasteiger partial charge on any atom is 0.263 e. The lowest BCUT2D eigenvalue weighted by molar-refractivity contribution is 0.592. The first-order valence-electron chi connectivity index (χ1n) is 6.21. The van der Waals surface area contributed by atoms with E-state index in [1.165, 1.54) is 30.3 Å². The molecule has 2 aromatic rings. The molecule has 0 fully saturated rings. The van der Waals surface area contributed by atoms with Crippen molar-refractivity contribution in [3.05, 3.63) is 54.6 Å². The third-order valence-electron chi connectivity index (χ3n) is 2.72. The van der Waals surface area contributed by atoms with Gasteiger partial charge in [0, 0.05) is 0 Å². The van der Waals surface area contributed by atoms with Gasteiger partial charge in [-0.2, -0.15) is 0 Å². The fourth-order valence-corrected chi connectivity index (χ4v) is 3.81. The van der Waals surface area contributed by atoms with E-state index in [-0.39, 0.29) is 20.6 Å². The summed E-state index contributed by atoms with van der Waals surface area (Å²) < 4.78 is 49.4. The fourth-order valence-electron chi connectivity index (χ4n) is 1.75. The van der Waals surface area contributed by atoms with Gasteiger partial charge in [0.2, 0.25) is 10.0 Å². The Labute approximate surface area is 139 Å². The maximum absolute atomic E-state index is 12.1. The number of hydrogen-bond donors (Lipinski definition) is 3. The molecule has 0 aliphatic carbocycles. The van der Waals surface area contributed by atoms with E-state index in [1.807, 2.05) is 0 Å². The molecular weight excluding hydrogens is 358 g/mol. The zero-order valence-corrected chi connectivity index (χ0v) is 14.1. The highest BCUT2D eigenvalue weighted by atomic mass is 32.2. The van der Waals surface area contributed by atoms with E-state index in [0.717, 1.165) is 0 Å². The van der Waals surface area contributed by atoms with Crippen molar-refractivity contribution >= 4 is 43.1 Å². The summed E-state index contributed by atoms with van der Waals surface area (Å²) in [6, 6.07) is 13.4. The average molecular weight is 371 g/mol. The van der Waals surface area contributed by atoms with Crippen LogP contribution >= 0.6 is 12.2 Å². The summed E-state index contributed by atoms with van der Waals surface area (Å²) in [4.78, 5) is -0.162. The lowest BCUT2D eigenvalue weighted by Crippen LogP contribution is -2.34. The van der Waals surface area contributed by atoms with Gasteiger partial charge in [-0.1, -0.05) is 30.3 Å². The number of nitrogens with two attached hydrogens (primary N) is 1. The lowest BCUT2D eigenvalue weighted by atomic mass is 10.3. The van der Waals surface area contributed by atoms with Crippen LogP contribution in [0, 0.1) is 0 Å². The molecule has 7 nitrogen and oxygen atoms in total. The minimum Gasteiger partial charge on any atom is -0.331 e. The summed E-state index contributed by atoms with van der Waals surface area (Å²) in [5.74, 6) is 0. The molecule has 0 atom stereocenters.